The normalized spacial score (nSPS) is 17.6. The van der Waals surface area contributed by atoms with E-state index in [4.69, 9.17) is 0 Å². The number of fused-ring (bicyclic) bond motifs is 1. The van der Waals surface area contributed by atoms with Crippen LogP contribution in [-0.4, -0.2) is 31.2 Å². The van der Waals surface area contributed by atoms with Gasteiger partial charge in [-0.05, 0) is 26.2 Å². The molecule has 0 aliphatic carbocycles. The number of aromatic nitrogens is 2. The zero-order valence-corrected chi connectivity index (χ0v) is 11.5. The molecule has 1 aromatic rings. The third-order valence-corrected chi connectivity index (χ3v) is 5.04. The molecule has 1 aliphatic rings. The summed E-state index contributed by atoms with van der Waals surface area (Å²) in [7, 11) is -3.40. The van der Waals surface area contributed by atoms with Crippen molar-refractivity contribution in [3.05, 3.63) is 16.7 Å². The number of thioether (sulfide) groups is 1. The molecule has 0 saturated heterocycles. The third kappa shape index (κ3) is 1.93. The Labute approximate surface area is 105 Å². The average molecular weight is 271 g/mol. The Kier molecular flexibility index (Phi) is 3.13. The zero-order chi connectivity index (χ0) is 12.6. The van der Waals surface area contributed by atoms with Gasteiger partial charge in [-0.2, -0.15) is 0 Å². The molecule has 0 unspecified atom stereocenters. The van der Waals surface area contributed by atoms with Crippen molar-refractivity contribution in [1.29, 1.82) is 0 Å². The van der Waals surface area contributed by atoms with Crippen LogP contribution in [-0.2, 0) is 10.0 Å². The molecule has 0 aromatic carbocycles. The molecule has 0 radical (unpaired) electrons. The lowest BCUT2D eigenvalue weighted by Crippen LogP contribution is -2.34. The number of hydrogen-bond donors (Lipinski definition) is 0. The monoisotopic (exact) mass is 271 g/mol. The predicted octanol–water partition coefficient (Wildman–Crippen LogP) is 1.73. The van der Waals surface area contributed by atoms with E-state index in [1.807, 2.05) is 6.26 Å². The molecule has 0 atom stereocenters. The van der Waals surface area contributed by atoms with E-state index in [2.05, 4.69) is 9.97 Å². The van der Waals surface area contributed by atoms with Gasteiger partial charge in [0.1, 0.15) is 0 Å². The van der Waals surface area contributed by atoms with Crippen LogP contribution in [0.3, 0.4) is 0 Å². The number of anilines is 1. The van der Waals surface area contributed by atoms with Crippen molar-refractivity contribution in [2.24, 2.45) is 0 Å². The van der Waals surface area contributed by atoms with Crippen LogP contribution in [0, 0.1) is 0 Å². The molecule has 2 rings (SSSR count). The van der Waals surface area contributed by atoms with Gasteiger partial charge in [0.2, 0.25) is 0 Å². The summed E-state index contributed by atoms with van der Waals surface area (Å²) >= 11 is 1.39. The van der Waals surface area contributed by atoms with Crippen molar-refractivity contribution >= 4 is 33.7 Å². The van der Waals surface area contributed by atoms with Crippen molar-refractivity contribution < 1.29 is 8.42 Å². The molecule has 7 heteroatoms. The first kappa shape index (κ1) is 12.4. The van der Waals surface area contributed by atoms with Gasteiger partial charge in [0, 0.05) is 18.3 Å². The Morgan fingerprint density at radius 2 is 2.18 bits per heavy atom. The highest BCUT2D eigenvalue weighted by Crippen LogP contribution is 2.32. The quantitative estimate of drug-likeness (QED) is 0.605. The molecule has 92 valence electrons. The van der Waals surface area contributed by atoms with E-state index < -0.39 is 10.0 Å². The number of nitrogens with zero attached hydrogens (tertiary/aromatic N) is 3. The van der Waals surface area contributed by atoms with E-state index >= 15 is 0 Å². The number of allylic oxidation sites excluding steroid dienone is 1. The second-order valence-electron chi connectivity index (χ2n) is 3.56. The molecule has 0 fully saturated rings. The van der Waals surface area contributed by atoms with Crippen LogP contribution in [0.1, 0.15) is 19.4 Å². The highest BCUT2D eigenvalue weighted by molar-refractivity contribution is 7.98. The smallest absolute Gasteiger partial charge is 0.250 e. The van der Waals surface area contributed by atoms with Crippen molar-refractivity contribution in [3.63, 3.8) is 0 Å². The average Bonchev–Trinajstić information content (AvgIpc) is 2.30. The molecule has 0 saturated carbocycles. The van der Waals surface area contributed by atoms with Crippen molar-refractivity contribution in [3.8, 4) is 0 Å². The number of sulfonamides is 1. The topological polar surface area (TPSA) is 63.2 Å². The second kappa shape index (κ2) is 4.30. The van der Waals surface area contributed by atoms with Gasteiger partial charge in [0.05, 0.1) is 4.91 Å². The molecule has 17 heavy (non-hydrogen) atoms. The Balaban J connectivity index is 2.68. The SMILES string of the molecule is CCN1c2nc(SC)ncc2C=C(C)S1(=O)=O. The van der Waals surface area contributed by atoms with Gasteiger partial charge in [-0.15, -0.1) is 0 Å². The maximum absolute atomic E-state index is 12.1. The summed E-state index contributed by atoms with van der Waals surface area (Å²) in [5.74, 6) is 0.470. The van der Waals surface area contributed by atoms with Gasteiger partial charge in [-0.25, -0.2) is 22.7 Å². The maximum atomic E-state index is 12.1. The van der Waals surface area contributed by atoms with Gasteiger partial charge in [-0.3, -0.25) is 0 Å². The van der Waals surface area contributed by atoms with Crippen molar-refractivity contribution in [2.45, 2.75) is 19.0 Å². The minimum atomic E-state index is -3.40. The largest absolute Gasteiger partial charge is 0.261 e. The summed E-state index contributed by atoms with van der Waals surface area (Å²) in [4.78, 5) is 8.74. The number of rotatable bonds is 2. The molecular formula is C10H13N3O2S2. The summed E-state index contributed by atoms with van der Waals surface area (Å²) < 4.78 is 25.5. The molecule has 2 heterocycles. The van der Waals surface area contributed by atoms with Crippen LogP contribution in [0.25, 0.3) is 6.08 Å². The minimum Gasteiger partial charge on any atom is -0.250 e. The standard InChI is InChI=1S/C10H13N3O2S2/c1-4-13-9-8(5-7(2)17(13,14)15)6-11-10(12-9)16-3/h5-6H,4H2,1-3H3. The lowest BCUT2D eigenvalue weighted by molar-refractivity contribution is 0.596. The van der Waals surface area contributed by atoms with Gasteiger partial charge in [0.15, 0.2) is 11.0 Å². The molecular weight excluding hydrogens is 258 g/mol. The number of hydrogen-bond acceptors (Lipinski definition) is 5. The van der Waals surface area contributed by atoms with Gasteiger partial charge < -0.3 is 0 Å². The molecule has 1 aromatic heterocycles. The van der Waals surface area contributed by atoms with Gasteiger partial charge in [0.25, 0.3) is 10.0 Å². The Morgan fingerprint density at radius 1 is 1.47 bits per heavy atom. The summed E-state index contributed by atoms with van der Waals surface area (Å²) in [6, 6.07) is 0. The molecule has 0 amide bonds. The third-order valence-electron chi connectivity index (χ3n) is 2.54. The van der Waals surface area contributed by atoms with Gasteiger partial charge in [-0.1, -0.05) is 11.8 Å². The van der Waals surface area contributed by atoms with Crippen LogP contribution in [0.15, 0.2) is 16.3 Å². The van der Waals surface area contributed by atoms with Gasteiger partial charge >= 0.3 is 0 Å². The highest BCUT2D eigenvalue weighted by Gasteiger charge is 2.30. The summed E-state index contributed by atoms with van der Waals surface area (Å²) in [5, 5.41) is 0.574. The summed E-state index contributed by atoms with van der Waals surface area (Å²) in [6.07, 6.45) is 5.13. The van der Waals surface area contributed by atoms with E-state index in [1.54, 1.807) is 26.1 Å². The van der Waals surface area contributed by atoms with E-state index in [1.165, 1.54) is 16.1 Å². The Morgan fingerprint density at radius 3 is 2.76 bits per heavy atom. The molecule has 1 aliphatic heterocycles. The van der Waals surface area contributed by atoms with Crippen LogP contribution in [0.4, 0.5) is 5.82 Å². The first-order valence-electron chi connectivity index (χ1n) is 5.12. The van der Waals surface area contributed by atoms with Crippen LogP contribution in [0.5, 0.6) is 0 Å². The second-order valence-corrected chi connectivity index (χ2v) is 6.37. The fourth-order valence-corrected chi connectivity index (χ4v) is 3.34. The molecule has 0 bridgehead atoms. The molecule has 5 nitrogen and oxygen atoms in total. The van der Waals surface area contributed by atoms with Crippen LogP contribution in [0.2, 0.25) is 0 Å². The fraction of sp³-hybridized carbons (Fsp3) is 0.400. The van der Waals surface area contributed by atoms with Crippen LogP contribution >= 0.6 is 11.8 Å². The first-order chi connectivity index (χ1) is 8.00. The lowest BCUT2D eigenvalue weighted by atomic mass is 10.3. The van der Waals surface area contributed by atoms with E-state index in [9.17, 15) is 8.42 Å². The van der Waals surface area contributed by atoms with Crippen molar-refractivity contribution in [1.82, 2.24) is 9.97 Å². The van der Waals surface area contributed by atoms with Crippen molar-refractivity contribution in [2.75, 3.05) is 17.1 Å². The first-order valence-corrected chi connectivity index (χ1v) is 7.79. The molecule has 0 N–H and O–H groups in total. The van der Waals surface area contributed by atoms with E-state index in [-0.39, 0.29) is 0 Å². The zero-order valence-electron chi connectivity index (χ0n) is 9.84. The van der Waals surface area contributed by atoms with E-state index in [0.717, 1.165) is 5.56 Å². The summed E-state index contributed by atoms with van der Waals surface area (Å²) in [6.45, 7) is 3.75. The van der Waals surface area contributed by atoms with Crippen LogP contribution < -0.4 is 4.31 Å². The fourth-order valence-electron chi connectivity index (χ4n) is 1.67. The Bertz CT molecular complexity index is 581. The minimum absolute atomic E-state index is 0.326. The maximum Gasteiger partial charge on any atom is 0.261 e. The molecule has 0 spiro atoms. The summed E-state index contributed by atoms with van der Waals surface area (Å²) in [5.41, 5.74) is 0.747. The van der Waals surface area contributed by atoms with E-state index in [0.29, 0.717) is 22.4 Å². The Hall–Kier alpha value is -1.08. The highest BCUT2D eigenvalue weighted by atomic mass is 32.2. The predicted molar refractivity (Wildman–Crippen MR) is 69.4 cm³/mol. The lowest BCUT2D eigenvalue weighted by Gasteiger charge is -2.27.